The number of allylic oxidation sites excluding steroid dienone is 5. The van der Waals surface area contributed by atoms with Crippen LogP contribution >= 0.6 is 7.82 Å². The number of aliphatic hydroxyl groups is 1. The lowest BCUT2D eigenvalue weighted by atomic mass is 10.0. The Morgan fingerprint density at radius 2 is 0.778 bits per heavy atom. The highest BCUT2D eigenvalue weighted by Gasteiger charge is 2.23. The molecule has 426 valence electrons. The molecule has 0 aliphatic carbocycles. The third kappa shape index (κ3) is 56.4. The van der Waals surface area contributed by atoms with Gasteiger partial charge in [0.2, 0.25) is 5.91 Å². The minimum Gasteiger partial charge on any atom is -0.756 e. The van der Waals surface area contributed by atoms with Gasteiger partial charge in [0.1, 0.15) is 13.2 Å². The number of hydrogen-bond donors (Lipinski definition) is 2. The van der Waals surface area contributed by atoms with Gasteiger partial charge in [0.25, 0.3) is 7.82 Å². The first-order valence-corrected chi connectivity index (χ1v) is 32.8. The van der Waals surface area contributed by atoms with Crippen molar-refractivity contribution >= 4 is 13.7 Å². The fourth-order valence-electron chi connectivity index (χ4n) is 9.40. The molecular formula is C63H123N2O6P. The van der Waals surface area contributed by atoms with E-state index in [-0.39, 0.29) is 12.5 Å². The summed E-state index contributed by atoms with van der Waals surface area (Å²) < 4.78 is 23.4. The van der Waals surface area contributed by atoms with Crippen LogP contribution in [0.2, 0.25) is 0 Å². The van der Waals surface area contributed by atoms with E-state index in [1.165, 1.54) is 250 Å². The molecule has 9 heteroatoms. The van der Waals surface area contributed by atoms with Gasteiger partial charge >= 0.3 is 0 Å². The van der Waals surface area contributed by atoms with Crippen molar-refractivity contribution in [2.75, 3.05) is 40.9 Å². The molecular weight excluding hydrogens is 912 g/mol. The van der Waals surface area contributed by atoms with E-state index in [2.05, 4.69) is 43.5 Å². The Bertz CT molecular complexity index is 1270. The molecule has 1 amide bonds. The molecule has 2 N–H and O–H groups in total. The molecule has 0 heterocycles. The van der Waals surface area contributed by atoms with Gasteiger partial charge in [-0.3, -0.25) is 9.36 Å². The van der Waals surface area contributed by atoms with Crippen LogP contribution in [0.4, 0.5) is 0 Å². The van der Waals surface area contributed by atoms with Crippen molar-refractivity contribution in [2.45, 2.75) is 321 Å². The van der Waals surface area contributed by atoms with Crippen molar-refractivity contribution in [3.05, 3.63) is 36.5 Å². The van der Waals surface area contributed by atoms with Gasteiger partial charge in [-0.25, -0.2) is 0 Å². The summed E-state index contributed by atoms with van der Waals surface area (Å²) >= 11 is 0. The number of carbonyl (C=O) groups excluding carboxylic acids is 1. The van der Waals surface area contributed by atoms with Crippen LogP contribution in [0.25, 0.3) is 0 Å². The SMILES string of the molecule is CCCCCCCCCCCCCC/C=C\CCCCCCCCCCCCCCC(=O)NC(COP(=O)([O-])OCC[N+](C)(C)C)C(O)/C=C/CC/C=C/CCCCCCCCCCCCCCCCCC. The number of rotatable bonds is 58. The van der Waals surface area contributed by atoms with Crippen LogP contribution in [0.1, 0.15) is 309 Å². The standard InChI is InChI=1S/C63H123N2O6P/c1-6-8-10-12-14-16-18-20-22-24-26-28-30-31-32-33-34-35-37-39-41-43-45-47-49-51-53-55-57-63(67)64-61(60-71-72(68,69)70-59-58-65(3,4)5)62(66)56-54-52-50-48-46-44-42-40-38-36-29-27-25-23-21-19-17-15-13-11-9-7-2/h31-32,46,48,54,56,61-62,66H,6-30,33-45,47,49-53,55,57-60H2,1-5H3,(H-,64,67,68,69)/b32-31-,48-46+,56-54+. The second-order valence-corrected chi connectivity index (χ2v) is 24.2. The number of nitrogens with zero attached hydrogens (tertiary/aromatic N) is 1. The second-order valence-electron chi connectivity index (χ2n) is 22.8. The van der Waals surface area contributed by atoms with Crippen LogP contribution in [-0.2, 0) is 18.4 Å². The number of likely N-dealkylation sites (N-methyl/N-ethyl adjacent to an activating group) is 1. The molecule has 3 atom stereocenters. The lowest BCUT2D eigenvalue weighted by Gasteiger charge is -2.29. The molecule has 0 aromatic rings. The first kappa shape index (κ1) is 70.7. The highest BCUT2D eigenvalue weighted by atomic mass is 31.2. The van der Waals surface area contributed by atoms with E-state index < -0.39 is 26.6 Å². The Morgan fingerprint density at radius 3 is 1.12 bits per heavy atom. The minimum atomic E-state index is -4.61. The predicted molar refractivity (Wildman–Crippen MR) is 311 cm³/mol. The highest BCUT2D eigenvalue weighted by molar-refractivity contribution is 7.45. The molecule has 0 saturated heterocycles. The van der Waals surface area contributed by atoms with E-state index >= 15 is 0 Å². The van der Waals surface area contributed by atoms with Gasteiger partial charge in [-0.1, -0.05) is 281 Å². The van der Waals surface area contributed by atoms with Gasteiger partial charge in [-0.2, -0.15) is 0 Å². The zero-order valence-corrected chi connectivity index (χ0v) is 49.5. The number of aliphatic hydroxyl groups excluding tert-OH is 1. The van der Waals surface area contributed by atoms with Crippen LogP contribution in [-0.4, -0.2) is 68.5 Å². The number of nitrogens with one attached hydrogen (secondary N) is 1. The quantitative estimate of drug-likeness (QED) is 0.0272. The zero-order valence-electron chi connectivity index (χ0n) is 48.6. The molecule has 0 saturated carbocycles. The van der Waals surface area contributed by atoms with Gasteiger partial charge in [0.05, 0.1) is 39.9 Å². The molecule has 0 aliphatic rings. The Balaban J connectivity index is 4.16. The van der Waals surface area contributed by atoms with Crippen LogP contribution in [0.15, 0.2) is 36.5 Å². The van der Waals surface area contributed by atoms with Gasteiger partial charge in [0.15, 0.2) is 0 Å². The molecule has 3 unspecified atom stereocenters. The predicted octanol–water partition coefficient (Wildman–Crippen LogP) is 18.7. The summed E-state index contributed by atoms with van der Waals surface area (Å²) in [6.45, 7) is 4.67. The molecule has 0 aromatic heterocycles. The molecule has 0 aromatic carbocycles. The van der Waals surface area contributed by atoms with E-state index in [9.17, 15) is 19.4 Å². The van der Waals surface area contributed by atoms with Crippen molar-refractivity contribution in [3.63, 3.8) is 0 Å². The fraction of sp³-hybridized carbons (Fsp3) is 0.889. The summed E-state index contributed by atoms with van der Waals surface area (Å²) in [4.78, 5) is 25.5. The maximum Gasteiger partial charge on any atom is 0.268 e. The van der Waals surface area contributed by atoms with E-state index in [1.807, 2.05) is 27.2 Å². The average Bonchev–Trinajstić information content (AvgIpc) is 3.34. The first-order valence-electron chi connectivity index (χ1n) is 31.4. The van der Waals surface area contributed by atoms with Crippen molar-refractivity contribution in [1.29, 1.82) is 0 Å². The Morgan fingerprint density at radius 1 is 0.472 bits per heavy atom. The number of hydrogen-bond acceptors (Lipinski definition) is 6. The third-order valence-corrected chi connectivity index (χ3v) is 15.3. The number of carbonyl (C=O) groups is 1. The maximum atomic E-state index is 13.0. The number of amides is 1. The Labute approximate surface area is 448 Å². The van der Waals surface area contributed by atoms with Crippen LogP contribution < -0.4 is 10.2 Å². The number of quaternary nitrogens is 1. The molecule has 0 bridgehead atoms. The largest absolute Gasteiger partial charge is 0.756 e. The second kappa shape index (κ2) is 54.5. The summed E-state index contributed by atoms with van der Waals surface area (Å²) in [5, 5.41) is 13.9. The topological polar surface area (TPSA) is 108 Å². The van der Waals surface area contributed by atoms with Gasteiger partial charge in [-0.05, 0) is 57.8 Å². The molecule has 0 rings (SSSR count). The first-order chi connectivity index (χ1) is 35.0. The molecule has 72 heavy (non-hydrogen) atoms. The van der Waals surface area contributed by atoms with E-state index in [1.54, 1.807) is 6.08 Å². The Kier molecular flexibility index (Phi) is 53.5. The number of unbranched alkanes of at least 4 members (excludes halogenated alkanes) is 41. The highest BCUT2D eigenvalue weighted by Crippen LogP contribution is 2.38. The van der Waals surface area contributed by atoms with Gasteiger partial charge in [-0.15, -0.1) is 0 Å². The van der Waals surface area contributed by atoms with E-state index in [0.29, 0.717) is 17.4 Å². The monoisotopic (exact) mass is 1030 g/mol. The number of phosphoric ester groups is 1. The Hall–Kier alpha value is -1.28. The summed E-state index contributed by atoms with van der Waals surface area (Å²) in [5.41, 5.74) is 0. The van der Waals surface area contributed by atoms with Crippen molar-refractivity contribution in [1.82, 2.24) is 5.32 Å². The normalized spacial score (nSPS) is 14.0. The van der Waals surface area contributed by atoms with Crippen molar-refractivity contribution < 1.29 is 32.9 Å². The molecule has 8 nitrogen and oxygen atoms in total. The average molecular weight is 1040 g/mol. The summed E-state index contributed by atoms with van der Waals surface area (Å²) in [6.07, 6.45) is 71.0. The fourth-order valence-corrected chi connectivity index (χ4v) is 10.1. The van der Waals surface area contributed by atoms with E-state index in [4.69, 9.17) is 9.05 Å². The molecule has 0 spiro atoms. The van der Waals surface area contributed by atoms with Gasteiger partial charge in [0, 0.05) is 6.42 Å². The summed E-state index contributed by atoms with van der Waals surface area (Å²) in [6, 6.07) is -0.904. The maximum absolute atomic E-state index is 13.0. The van der Waals surface area contributed by atoms with Crippen LogP contribution in [0.5, 0.6) is 0 Å². The molecule has 0 fully saturated rings. The third-order valence-electron chi connectivity index (χ3n) is 14.3. The lowest BCUT2D eigenvalue weighted by Crippen LogP contribution is -2.45. The van der Waals surface area contributed by atoms with Crippen molar-refractivity contribution in [3.8, 4) is 0 Å². The van der Waals surface area contributed by atoms with Crippen LogP contribution in [0.3, 0.4) is 0 Å². The lowest BCUT2D eigenvalue weighted by molar-refractivity contribution is -0.870. The van der Waals surface area contributed by atoms with Crippen molar-refractivity contribution in [2.24, 2.45) is 0 Å². The summed E-state index contributed by atoms with van der Waals surface area (Å²) in [5.74, 6) is -0.203. The minimum absolute atomic E-state index is 0.00538. The van der Waals surface area contributed by atoms with E-state index in [0.717, 1.165) is 38.5 Å². The molecule has 0 radical (unpaired) electrons. The zero-order chi connectivity index (χ0) is 52.7. The smallest absolute Gasteiger partial charge is 0.268 e. The number of phosphoric acid groups is 1. The van der Waals surface area contributed by atoms with Gasteiger partial charge < -0.3 is 28.8 Å². The molecule has 0 aliphatic heterocycles. The summed E-state index contributed by atoms with van der Waals surface area (Å²) in [7, 11) is 1.25. The van der Waals surface area contributed by atoms with Crippen LogP contribution in [0, 0.1) is 0 Å².